The molecule has 5 N–H and O–H groups in total. The summed E-state index contributed by atoms with van der Waals surface area (Å²) in [6.45, 7) is 3.31. The van der Waals surface area contributed by atoms with Gasteiger partial charge in [0.2, 0.25) is 23.6 Å². The second-order valence-corrected chi connectivity index (χ2v) is 11.6. The average Bonchev–Trinajstić information content (AvgIpc) is 2.89. The minimum absolute atomic E-state index is 0.00522. The van der Waals surface area contributed by atoms with Crippen molar-refractivity contribution in [2.75, 3.05) is 26.2 Å². The molecule has 0 aliphatic heterocycles. The van der Waals surface area contributed by atoms with Crippen LogP contribution in [0, 0.1) is 37.0 Å². The van der Waals surface area contributed by atoms with Gasteiger partial charge in [-0.3, -0.25) is 23.7 Å². The van der Waals surface area contributed by atoms with E-state index in [0.29, 0.717) is 12.8 Å². The molecule has 39 heavy (non-hydrogen) atoms. The van der Waals surface area contributed by atoms with Crippen molar-refractivity contribution in [1.29, 1.82) is 0 Å². The van der Waals surface area contributed by atoms with Crippen molar-refractivity contribution >= 4 is 31.2 Å². The Balaban J connectivity index is 5.52. The maximum Gasteiger partial charge on any atom is 0.330 e. The van der Waals surface area contributed by atoms with Gasteiger partial charge in [-0.1, -0.05) is 31.6 Å². The second kappa shape index (κ2) is 19.7. The molecule has 1 atom stereocenters. The third-order valence-electron chi connectivity index (χ3n) is 5.79. The highest BCUT2D eigenvalue weighted by Gasteiger charge is 2.33. The summed E-state index contributed by atoms with van der Waals surface area (Å²) in [6, 6.07) is 0. The lowest BCUT2D eigenvalue weighted by Gasteiger charge is -2.35. The molecule has 0 bridgehead atoms. The highest BCUT2D eigenvalue weighted by molar-refractivity contribution is 7.53. The van der Waals surface area contributed by atoms with Crippen molar-refractivity contribution in [2.45, 2.75) is 82.8 Å². The molecule has 0 saturated heterocycles. The van der Waals surface area contributed by atoms with Crippen molar-refractivity contribution in [3.8, 4) is 37.0 Å². The first kappa shape index (κ1) is 35.7. The van der Waals surface area contributed by atoms with E-state index in [2.05, 4.69) is 39.0 Å². The summed E-state index contributed by atoms with van der Waals surface area (Å²) in [6.07, 6.45) is 16.8. The Kier molecular flexibility index (Phi) is 18.1. The molecule has 0 aromatic heterocycles. The zero-order valence-corrected chi connectivity index (χ0v) is 23.7. The fourth-order valence-corrected chi connectivity index (χ4v) is 4.11. The summed E-state index contributed by atoms with van der Waals surface area (Å²) in [4.78, 5) is 59.6. The van der Waals surface area contributed by atoms with Crippen LogP contribution in [0.3, 0.4) is 0 Å². The maximum atomic E-state index is 12.9. The van der Waals surface area contributed by atoms with E-state index in [1.54, 1.807) is 13.8 Å². The molecular formula is C27H41N4O7P. The topological polar surface area (TPSA) is 163 Å². The third-order valence-corrected chi connectivity index (χ3v) is 7.64. The lowest BCUT2D eigenvalue weighted by Crippen LogP contribution is -2.50. The van der Waals surface area contributed by atoms with E-state index in [1.807, 2.05) is 0 Å². The van der Waals surface area contributed by atoms with Gasteiger partial charge >= 0.3 is 7.60 Å². The van der Waals surface area contributed by atoms with Crippen LogP contribution in [0.15, 0.2) is 0 Å². The minimum atomic E-state index is -3.69. The lowest BCUT2D eigenvalue weighted by molar-refractivity contribution is -0.127. The summed E-state index contributed by atoms with van der Waals surface area (Å²) in [5.41, 5.74) is -1.60. The molecule has 0 spiro atoms. The molecule has 0 saturated carbocycles. The van der Waals surface area contributed by atoms with Crippen LogP contribution in [0.25, 0.3) is 0 Å². The number of terminal acetylenes is 3. The van der Waals surface area contributed by atoms with Crippen molar-refractivity contribution < 1.29 is 33.2 Å². The Bertz CT molecular complexity index is 908. The number of hydrogen-bond acceptors (Lipinski definition) is 6. The SMILES string of the molecule is C#CCNC(=O)CCC(CCC(=O)NCC#C)(CCC(=O)NCC#C)NC(=O)CCCCOP(=O)(O)C(C)C. The molecule has 11 nitrogen and oxygen atoms in total. The number of hydrogen-bond donors (Lipinski definition) is 5. The van der Waals surface area contributed by atoms with Crippen LogP contribution >= 0.6 is 7.60 Å². The molecule has 0 aromatic carbocycles. The molecule has 12 heteroatoms. The van der Waals surface area contributed by atoms with Crippen LogP contribution in [0.4, 0.5) is 0 Å². The standard InChI is InChI=1S/C27H41N4O7P/c1-6-18-28-23(32)12-15-27(16-13-24(33)29-19-7-2,17-14-25(34)30-20-8-3)31-26(35)11-9-10-21-38-39(36,37)22(4)5/h1-3,22H,9-21H2,4-5H3,(H,28,32)(H,29,33)(H,30,34)(H,31,35)(H,36,37). The highest BCUT2D eigenvalue weighted by Crippen LogP contribution is 2.47. The van der Waals surface area contributed by atoms with Gasteiger partial charge in [-0.25, -0.2) is 0 Å². The first-order chi connectivity index (χ1) is 18.4. The Hall–Kier alpha value is -3.29. The van der Waals surface area contributed by atoms with E-state index in [1.165, 1.54) is 0 Å². The van der Waals surface area contributed by atoms with E-state index in [0.717, 1.165) is 0 Å². The number of unbranched alkanes of at least 4 members (excludes halogenated alkanes) is 1. The zero-order chi connectivity index (χ0) is 29.7. The van der Waals surface area contributed by atoms with E-state index < -0.39 is 18.8 Å². The number of carbonyl (C=O) groups is 4. The molecule has 0 radical (unpaired) electrons. The van der Waals surface area contributed by atoms with Crippen LogP contribution in [-0.4, -0.2) is 66.0 Å². The van der Waals surface area contributed by atoms with Crippen LogP contribution < -0.4 is 21.3 Å². The molecule has 0 aliphatic rings. The van der Waals surface area contributed by atoms with Crippen molar-refractivity contribution in [3.63, 3.8) is 0 Å². The molecule has 0 rings (SSSR count). The van der Waals surface area contributed by atoms with Crippen LogP contribution in [0.1, 0.15) is 71.6 Å². The Morgan fingerprint density at radius 3 is 1.54 bits per heavy atom. The largest absolute Gasteiger partial charge is 0.351 e. The normalized spacial score (nSPS) is 12.2. The Morgan fingerprint density at radius 2 is 1.18 bits per heavy atom. The summed E-state index contributed by atoms with van der Waals surface area (Å²) < 4.78 is 17.0. The first-order valence-electron chi connectivity index (χ1n) is 12.8. The predicted molar refractivity (Wildman–Crippen MR) is 149 cm³/mol. The summed E-state index contributed by atoms with van der Waals surface area (Å²) >= 11 is 0. The van der Waals surface area contributed by atoms with Gasteiger partial charge in [0.15, 0.2) is 0 Å². The van der Waals surface area contributed by atoms with Crippen molar-refractivity contribution in [3.05, 3.63) is 0 Å². The highest BCUT2D eigenvalue weighted by atomic mass is 31.2. The van der Waals surface area contributed by atoms with E-state index >= 15 is 0 Å². The van der Waals surface area contributed by atoms with Crippen LogP contribution in [0.2, 0.25) is 0 Å². The van der Waals surface area contributed by atoms with Gasteiger partial charge in [-0.15, -0.1) is 19.3 Å². The summed E-state index contributed by atoms with van der Waals surface area (Å²) in [5.74, 6) is 5.57. The fraction of sp³-hybridized carbons (Fsp3) is 0.630. The van der Waals surface area contributed by atoms with E-state index in [4.69, 9.17) is 23.8 Å². The molecule has 0 heterocycles. The second-order valence-electron chi connectivity index (χ2n) is 9.22. The quantitative estimate of drug-likeness (QED) is 0.0843. The molecule has 0 aliphatic carbocycles. The number of rotatable bonds is 20. The minimum Gasteiger partial charge on any atom is -0.351 e. The van der Waals surface area contributed by atoms with Gasteiger partial charge < -0.3 is 30.7 Å². The smallest absolute Gasteiger partial charge is 0.330 e. The number of nitrogens with one attached hydrogen (secondary N) is 4. The van der Waals surface area contributed by atoms with Gasteiger partial charge in [-0.2, -0.15) is 0 Å². The average molecular weight is 565 g/mol. The van der Waals surface area contributed by atoms with Crippen LogP contribution in [-0.2, 0) is 28.3 Å². The molecule has 1 unspecified atom stereocenters. The molecular weight excluding hydrogens is 523 g/mol. The van der Waals surface area contributed by atoms with Gasteiger partial charge in [0.25, 0.3) is 0 Å². The number of carbonyl (C=O) groups excluding carboxylic acids is 4. The monoisotopic (exact) mass is 564 g/mol. The predicted octanol–water partition coefficient (Wildman–Crippen LogP) is 1.21. The van der Waals surface area contributed by atoms with E-state index in [9.17, 15) is 28.6 Å². The first-order valence-corrected chi connectivity index (χ1v) is 14.4. The van der Waals surface area contributed by atoms with Crippen molar-refractivity contribution in [2.24, 2.45) is 0 Å². The Morgan fingerprint density at radius 1 is 0.769 bits per heavy atom. The zero-order valence-electron chi connectivity index (χ0n) is 22.8. The molecule has 4 amide bonds. The maximum absolute atomic E-state index is 12.9. The molecule has 216 valence electrons. The molecule has 0 fully saturated rings. The number of amides is 4. The van der Waals surface area contributed by atoms with Crippen molar-refractivity contribution in [1.82, 2.24) is 21.3 Å². The van der Waals surface area contributed by atoms with E-state index in [-0.39, 0.29) is 94.8 Å². The lowest BCUT2D eigenvalue weighted by atomic mass is 9.83. The Labute approximate surface area is 231 Å². The van der Waals surface area contributed by atoms with Gasteiger partial charge in [-0.05, 0) is 32.1 Å². The van der Waals surface area contributed by atoms with Crippen LogP contribution in [0.5, 0.6) is 0 Å². The third kappa shape index (κ3) is 17.0. The van der Waals surface area contributed by atoms with Gasteiger partial charge in [0.05, 0.1) is 31.9 Å². The summed E-state index contributed by atoms with van der Waals surface area (Å²) in [7, 11) is -3.69. The fourth-order valence-electron chi connectivity index (χ4n) is 3.43. The molecule has 0 aromatic rings. The van der Waals surface area contributed by atoms with Gasteiger partial charge in [0.1, 0.15) is 0 Å². The summed E-state index contributed by atoms with van der Waals surface area (Å²) in [5, 5.41) is 10.6. The van der Waals surface area contributed by atoms with Gasteiger partial charge in [0, 0.05) is 31.2 Å².